The predicted octanol–water partition coefficient (Wildman–Crippen LogP) is 0.0186. The zero-order chi connectivity index (χ0) is 8.10. The lowest BCUT2D eigenvalue weighted by molar-refractivity contribution is 0.578. The highest BCUT2D eigenvalue weighted by molar-refractivity contribution is 4.93. The molecule has 0 bridgehead atoms. The van der Waals surface area contributed by atoms with Gasteiger partial charge in [0.15, 0.2) is 0 Å². The van der Waals surface area contributed by atoms with E-state index in [1.807, 2.05) is 0 Å². The van der Waals surface area contributed by atoms with Gasteiger partial charge in [-0.05, 0) is 19.9 Å². The topological polar surface area (TPSA) is 36.1 Å². The van der Waals surface area contributed by atoms with Crippen LogP contribution in [0, 0.1) is 0 Å². The Morgan fingerprint density at radius 2 is 2.55 bits per heavy atom. The van der Waals surface area contributed by atoms with Crippen LogP contribution >= 0.6 is 0 Å². The van der Waals surface area contributed by atoms with Crippen LogP contribution in [0.4, 0.5) is 0 Å². The van der Waals surface area contributed by atoms with Crippen molar-refractivity contribution < 1.29 is 0 Å². The molecule has 0 spiro atoms. The Hall–Kier alpha value is -0.700. The molecule has 1 atom stereocenters. The van der Waals surface area contributed by atoms with Crippen LogP contribution in [0.15, 0.2) is 12.4 Å². The fourth-order valence-electron chi connectivity index (χ4n) is 1.29. The van der Waals surface area contributed by atoms with Gasteiger partial charge >= 0.3 is 0 Å². The molecule has 11 heavy (non-hydrogen) atoms. The number of rotatable bonds is 4. The van der Waals surface area contributed by atoms with Crippen LogP contribution in [0.3, 0.4) is 0 Å². The summed E-state index contributed by atoms with van der Waals surface area (Å²) in [5, 5.41) is 9.74. The Balaban J connectivity index is 2.13. The van der Waals surface area contributed by atoms with Gasteiger partial charge in [-0.2, -0.15) is 0 Å². The van der Waals surface area contributed by atoms with Gasteiger partial charge in [0.2, 0.25) is 0 Å². The van der Waals surface area contributed by atoms with Crippen LogP contribution in [0.25, 0.3) is 0 Å². The van der Waals surface area contributed by atoms with E-state index in [9.17, 15) is 0 Å². The van der Waals surface area contributed by atoms with E-state index in [1.54, 1.807) is 0 Å². The van der Waals surface area contributed by atoms with Crippen LogP contribution < -0.4 is 16.0 Å². The van der Waals surface area contributed by atoms with Crippen LogP contribution in [0.5, 0.6) is 0 Å². The first-order chi connectivity index (χ1) is 5.33. The summed E-state index contributed by atoms with van der Waals surface area (Å²) in [6.45, 7) is 9.05. The van der Waals surface area contributed by atoms with Crippen molar-refractivity contribution in [2.75, 3.05) is 19.6 Å². The van der Waals surface area contributed by atoms with E-state index in [0.717, 1.165) is 25.5 Å². The molecule has 0 saturated carbocycles. The third kappa shape index (κ3) is 2.80. The maximum atomic E-state index is 3.86. The van der Waals surface area contributed by atoms with E-state index in [1.165, 1.54) is 6.42 Å². The molecule has 3 heteroatoms. The Labute approximate surface area is 68.2 Å². The van der Waals surface area contributed by atoms with Crippen molar-refractivity contribution in [3.05, 3.63) is 12.4 Å². The smallest absolute Gasteiger partial charge is 0.0914 e. The van der Waals surface area contributed by atoms with Crippen LogP contribution in [-0.4, -0.2) is 25.7 Å². The summed E-state index contributed by atoms with van der Waals surface area (Å²) < 4.78 is 0. The molecule has 3 nitrogen and oxygen atoms in total. The second kappa shape index (κ2) is 4.23. The first kappa shape index (κ1) is 8.40. The van der Waals surface area contributed by atoms with Crippen molar-refractivity contribution in [2.24, 2.45) is 0 Å². The fourth-order valence-corrected chi connectivity index (χ4v) is 1.29. The first-order valence-corrected chi connectivity index (χ1v) is 4.23. The Morgan fingerprint density at radius 1 is 1.73 bits per heavy atom. The van der Waals surface area contributed by atoms with Crippen molar-refractivity contribution in [2.45, 2.75) is 19.4 Å². The lowest BCUT2D eigenvalue weighted by Gasteiger charge is -2.15. The van der Waals surface area contributed by atoms with Crippen molar-refractivity contribution in [3.63, 3.8) is 0 Å². The highest BCUT2D eigenvalue weighted by Gasteiger charge is 2.13. The van der Waals surface area contributed by atoms with Gasteiger partial charge in [0.1, 0.15) is 0 Å². The molecule has 64 valence electrons. The van der Waals surface area contributed by atoms with Gasteiger partial charge in [-0.3, -0.25) is 0 Å². The highest BCUT2D eigenvalue weighted by Crippen LogP contribution is 1.97. The molecule has 1 heterocycles. The van der Waals surface area contributed by atoms with Gasteiger partial charge in [-0.1, -0.05) is 6.58 Å². The van der Waals surface area contributed by atoms with E-state index >= 15 is 0 Å². The quantitative estimate of drug-likeness (QED) is 0.535. The molecule has 0 aromatic heterocycles. The van der Waals surface area contributed by atoms with Gasteiger partial charge in [0.25, 0.3) is 0 Å². The van der Waals surface area contributed by atoms with Gasteiger partial charge in [0.05, 0.1) is 5.82 Å². The minimum atomic E-state index is 0.571. The van der Waals surface area contributed by atoms with Crippen molar-refractivity contribution in [1.29, 1.82) is 0 Å². The summed E-state index contributed by atoms with van der Waals surface area (Å²) in [6, 6.07) is 0.571. The zero-order valence-corrected chi connectivity index (χ0v) is 7.11. The molecule has 3 N–H and O–H groups in total. The second-order valence-corrected chi connectivity index (χ2v) is 2.84. The minimum absolute atomic E-state index is 0.571. The largest absolute Gasteiger partial charge is 0.373 e. The third-order valence-corrected chi connectivity index (χ3v) is 1.83. The summed E-state index contributed by atoms with van der Waals surface area (Å²) in [5.74, 6) is 0.946. The fraction of sp³-hybridized carbons (Fsp3) is 0.750. The highest BCUT2D eigenvalue weighted by atomic mass is 15.1. The monoisotopic (exact) mass is 155 g/mol. The average Bonchev–Trinajstić information content (AvgIpc) is 2.40. The molecule has 0 aromatic rings. The summed E-state index contributed by atoms with van der Waals surface area (Å²) in [5.41, 5.74) is 0. The molecular weight excluding hydrogens is 138 g/mol. The van der Waals surface area contributed by atoms with Crippen LogP contribution in [0.2, 0.25) is 0 Å². The summed E-state index contributed by atoms with van der Waals surface area (Å²) >= 11 is 0. The Bertz CT molecular complexity index is 127. The molecule has 0 radical (unpaired) electrons. The molecule has 1 fully saturated rings. The molecule has 1 unspecified atom stereocenters. The van der Waals surface area contributed by atoms with E-state index in [2.05, 4.69) is 29.5 Å². The van der Waals surface area contributed by atoms with E-state index < -0.39 is 0 Å². The van der Waals surface area contributed by atoms with Gasteiger partial charge in [-0.25, -0.2) is 0 Å². The number of hydrogen-bond donors (Lipinski definition) is 3. The summed E-state index contributed by atoms with van der Waals surface area (Å²) in [4.78, 5) is 0. The van der Waals surface area contributed by atoms with E-state index in [-0.39, 0.29) is 0 Å². The zero-order valence-electron chi connectivity index (χ0n) is 7.11. The molecule has 0 aliphatic carbocycles. The van der Waals surface area contributed by atoms with Gasteiger partial charge in [0, 0.05) is 19.1 Å². The lowest BCUT2D eigenvalue weighted by atomic mass is 10.3. The van der Waals surface area contributed by atoms with Crippen LogP contribution in [-0.2, 0) is 0 Å². The lowest BCUT2D eigenvalue weighted by Crippen LogP contribution is -2.35. The van der Waals surface area contributed by atoms with Crippen molar-refractivity contribution in [1.82, 2.24) is 16.0 Å². The molecule has 1 saturated heterocycles. The van der Waals surface area contributed by atoms with E-state index in [4.69, 9.17) is 0 Å². The molecule has 1 aliphatic heterocycles. The SMILES string of the molecule is C=C(NCC)NC1CCNC1. The molecule has 1 rings (SSSR count). The maximum absolute atomic E-state index is 3.86. The maximum Gasteiger partial charge on any atom is 0.0914 e. The van der Waals surface area contributed by atoms with Crippen molar-refractivity contribution >= 4 is 0 Å². The summed E-state index contributed by atoms with van der Waals surface area (Å²) in [6.07, 6.45) is 1.20. The van der Waals surface area contributed by atoms with Crippen molar-refractivity contribution in [3.8, 4) is 0 Å². The molecule has 0 aromatic carbocycles. The standard InChI is InChI=1S/C8H17N3/c1-3-10-7(2)11-8-4-5-9-6-8/h8-11H,2-6H2,1H3. The Morgan fingerprint density at radius 3 is 3.09 bits per heavy atom. The normalized spacial score (nSPS) is 23.2. The predicted molar refractivity (Wildman–Crippen MR) is 47.2 cm³/mol. The second-order valence-electron chi connectivity index (χ2n) is 2.84. The molecule has 1 aliphatic rings. The first-order valence-electron chi connectivity index (χ1n) is 4.23. The summed E-state index contributed by atoms with van der Waals surface area (Å²) in [7, 11) is 0. The van der Waals surface area contributed by atoms with Crippen LogP contribution in [0.1, 0.15) is 13.3 Å². The Kier molecular flexibility index (Phi) is 3.23. The third-order valence-electron chi connectivity index (χ3n) is 1.83. The number of hydrogen-bond acceptors (Lipinski definition) is 3. The van der Waals surface area contributed by atoms with Gasteiger partial charge < -0.3 is 16.0 Å². The average molecular weight is 155 g/mol. The number of nitrogens with one attached hydrogen (secondary N) is 3. The molecular formula is C8H17N3. The van der Waals surface area contributed by atoms with E-state index in [0.29, 0.717) is 6.04 Å². The van der Waals surface area contributed by atoms with Gasteiger partial charge in [-0.15, -0.1) is 0 Å². The molecule has 0 amide bonds. The minimum Gasteiger partial charge on any atom is -0.373 e.